The highest BCUT2D eigenvalue weighted by Crippen LogP contribution is 2.31. The van der Waals surface area contributed by atoms with Crippen LogP contribution in [0.1, 0.15) is 63.2 Å². The Bertz CT molecular complexity index is 1950. The molecular weight excluding hydrogens is 625 g/mol. The fourth-order valence-corrected chi connectivity index (χ4v) is 6.72. The van der Waals surface area contributed by atoms with Crippen molar-refractivity contribution >= 4 is 17.7 Å². The molecule has 0 spiro atoms. The van der Waals surface area contributed by atoms with Crippen LogP contribution in [0.3, 0.4) is 0 Å². The van der Waals surface area contributed by atoms with Gasteiger partial charge in [-0.05, 0) is 67.5 Å². The molecule has 0 atom stereocenters. The van der Waals surface area contributed by atoms with Crippen LogP contribution in [0.2, 0.25) is 0 Å². The first-order valence-electron chi connectivity index (χ1n) is 15.4. The summed E-state index contributed by atoms with van der Waals surface area (Å²) in [6.07, 6.45) is -0.585. The summed E-state index contributed by atoms with van der Waals surface area (Å²) < 4.78 is 48.3. The van der Waals surface area contributed by atoms with Crippen LogP contribution in [0.5, 0.6) is 0 Å². The molecule has 242 valence electrons. The Hall–Kier alpha value is -4.64. The van der Waals surface area contributed by atoms with Crippen molar-refractivity contribution in [3.63, 3.8) is 0 Å². The highest BCUT2D eigenvalue weighted by atomic mass is 32.2. The Morgan fingerprint density at radius 1 is 0.894 bits per heavy atom. The number of ether oxygens (including phenoxy) is 1. The Morgan fingerprint density at radius 2 is 1.55 bits per heavy atom. The smallest absolute Gasteiger partial charge is 0.416 e. The van der Waals surface area contributed by atoms with Crippen molar-refractivity contribution in [2.24, 2.45) is 0 Å². The number of aromatic nitrogens is 4. The lowest BCUT2D eigenvalue weighted by atomic mass is 10.0. The average molecular weight is 659 g/mol. The summed E-state index contributed by atoms with van der Waals surface area (Å²) in [6, 6.07) is 20.8. The summed E-state index contributed by atoms with van der Waals surface area (Å²) in [5.74, 6) is 0.751. The SMILES string of the molecule is CCOC(=O)c1cnc(Cn2c(SCc3ccc(C)cc3)nc(=O)c3c2CCC3)n1Cc1ccc(-c2ccc(C(F)(F)F)cc2)cc1. The second-order valence-corrected chi connectivity index (χ2v) is 12.4. The molecule has 5 aromatic rings. The maximum Gasteiger partial charge on any atom is 0.416 e. The van der Waals surface area contributed by atoms with Gasteiger partial charge in [0, 0.05) is 23.6 Å². The van der Waals surface area contributed by atoms with Crippen molar-refractivity contribution in [3.05, 3.63) is 134 Å². The van der Waals surface area contributed by atoms with Gasteiger partial charge >= 0.3 is 12.1 Å². The quantitative estimate of drug-likeness (QED) is 0.0880. The molecule has 0 radical (unpaired) electrons. The summed E-state index contributed by atoms with van der Waals surface area (Å²) >= 11 is 1.50. The Labute approximate surface area is 274 Å². The largest absolute Gasteiger partial charge is 0.461 e. The number of halogens is 3. The van der Waals surface area contributed by atoms with Crippen molar-refractivity contribution < 1.29 is 22.7 Å². The molecule has 11 heteroatoms. The monoisotopic (exact) mass is 658 g/mol. The van der Waals surface area contributed by atoms with E-state index in [0.29, 0.717) is 47.5 Å². The second-order valence-electron chi connectivity index (χ2n) is 11.5. The molecule has 0 unspecified atom stereocenters. The number of carbonyl (C=O) groups excluding carboxylic acids is 1. The molecule has 1 aliphatic rings. The Kier molecular flexibility index (Phi) is 9.35. The molecule has 0 saturated carbocycles. The van der Waals surface area contributed by atoms with Gasteiger partial charge in [-0.2, -0.15) is 18.2 Å². The third-order valence-corrected chi connectivity index (χ3v) is 9.30. The van der Waals surface area contributed by atoms with Crippen LogP contribution in [-0.2, 0) is 42.6 Å². The minimum absolute atomic E-state index is 0.191. The molecule has 2 heterocycles. The zero-order valence-electron chi connectivity index (χ0n) is 26.0. The van der Waals surface area contributed by atoms with E-state index in [1.165, 1.54) is 35.7 Å². The zero-order valence-corrected chi connectivity index (χ0v) is 26.8. The van der Waals surface area contributed by atoms with E-state index in [2.05, 4.69) is 38.8 Å². The van der Waals surface area contributed by atoms with E-state index in [1.807, 2.05) is 35.8 Å². The van der Waals surface area contributed by atoms with Crippen LogP contribution in [0, 0.1) is 6.92 Å². The maximum absolute atomic E-state index is 13.0. The normalized spacial score (nSPS) is 12.7. The topological polar surface area (TPSA) is 79.0 Å². The summed E-state index contributed by atoms with van der Waals surface area (Å²) in [6.45, 7) is 4.59. The van der Waals surface area contributed by atoms with E-state index >= 15 is 0 Å². The van der Waals surface area contributed by atoms with E-state index in [1.54, 1.807) is 6.92 Å². The molecular formula is C36H33F3N4O3S. The predicted octanol–water partition coefficient (Wildman–Crippen LogP) is 7.49. The van der Waals surface area contributed by atoms with Gasteiger partial charge < -0.3 is 13.9 Å². The number of thioether (sulfide) groups is 1. The number of hydrogen-bond donors (Lipinski definition) is 0. The van der Waals surface area contributed by atoms with E-state index in [-0.39, 0.29) is 12.2 Å². The number of benzene rings is 3. The second kappa shape index (κ2) is 13.6. The van der Waals surface area contributed by atoms with Gasteiger partial charge in [0.2, 0.25) is 0 Å². The Morgan fingerprint density at radius 3 is 2.21 bits per heavy atom. The number of fused-ring (bicyclic) bond motifs is 1. The standard InChI is InChI=1S/C36H33F3N4O3S/c1-3-46-34(45)31-19-40-32(42(31)20-24-11-13-26(14-12-24)27-15-17-28(18-16-27)36(37,38)39)21-43-30-6-4-5-29(30)33(44)41-35(43)47-22-25-9-7-23(2)8-10-25/h7-19H,3-6,20-22H2,1-2H3. The van der Waals surface area contributed by atoms with Crippen LogP contribution < -0.4 is 5.56 Å². The molecule has 0 N–H and O–H groups in total. The lowest BCUT2D eigenvalue weighted by molar-refractivity contribution is -0.137. The van der Waals surface area contributed by atoms with Gasteiger partial charge in [0.25, 0.3) is 5.56 Å². The van der Waals surface area contributed by atoms with Gasteiger partial charge in [-0.15, -0.1) is 0 Å². The first-order chi connectivity index (χ1) is 22.6. The highest BCUT2D eigenvalue weighted by molar-refractivity contribution is 7.98. The fourth-order valence-electron chi connectivity index (χ4n) is 5.75. The summed E-state index contributed by atoms with van der Waals surface area (Å²) in [5, 5.41) is 0.601. The number of alkyl halides is 3. The van der Waals surface area contributed by atoms with Crippen molar-refractivity contribution in [2.45, 2.75) is 63.3 Å². The molecule has 1 aliphatic carbocycles. The minimum atomic E-state index is -4.40. The fraction of sp³-hybridized carbons (Fsp3) is 0.278. The number of hydrogen-bond acceptors (Lipinski definition) is 6. The molecule has 0 aliphatic heterocycles. The number of nitrogens with zero attached hydrogens (tertiary/aromatic N) is 4. The van der Waals surface area contributed by atoms with Crippen molar-refractivity contribution in [2.75, 3.05) is 6.61 Å². The van der Waals surface area contributed by atoms with Crippen molar-refractivity contribution in [3.8, 4) is 11.1 Å². The highest BCUT2D eigenvalue weighted by Gasteiger charge is 2.30. The van der Waals surface area contributed by atoms with Crippen LogP contribution in [0.25, 0.3) is 11.1 Å². The van der Waals surface area contributed by atoms with Crippen LogP contribution in [0.4, 0.5) is 13.2 Å². The van der Waals surface area contributed by atoms with E-state index < -0.39 is 17.7 Å². The van der Waals surface area contributed by atoms with Gasteiger partial charge in [-0.3, -0.25) is 4.79 Å². The third-order valence-electron chi connectivity index (χ3n) is 8.25. The summed E-state index contributed by atoms with van der Waals surface area (Å²) in [4.78, 5) is 35.2. The molecule has 0 fully saturated rings. The molecule has 0 amide bonds. The van der Waals surface area contributed by atoms with Gasteiger partial charge in [-0.1, -0.05) is 78.0 Å². The number of carbonyl (C=O) groups is 1. The molecule has 3 aromatic carbocycles. The number of aryl methyl sites for hydroxylation is 1. The maximum atomic E-state index is 13.0. The van der Waals surface area contributed by atoms with Crippen molar-refractivity contribution in [1.82, 2.24) is 19.1 Å². The predicted molar refractivity (Wildman–Crippen MR) is 175 cm³/mol. The van der Waals surface area contributed by atoms with E-state index in [9.17, 15) is 22.8 Å². The molecule has 0 bridgehead atoms. The minimum Gasteiger partial charge on any atom is -0.461 e. The molecule has 2 aromatic heterocycles. The van der Waals surface area contributed by atoms with Crippen LogP contribution in [0.15, 0.2) is 88.9 Å². The molecule has 7 nitrogen and oxygen atoms in total. The van der Waals surface area contributed by atoms with Crippen LogP contribution in [-0.4, -0.2) is 31.7 Å². The molecule has 6 rings (SSSR count). The first-order valence-corrected chi connectivity index (χ1v) is 16.4. The van der Waals surface area contributed by atoms with E-state index in [4.69, 9.17) is 4.74 Å². The van der Waals surface area contributed by atoms with Gasteiger partial charge in [0.15, 0.2) is 5.16 Å². The van der Waals surface area contributed by atoms with Gasteiger partial charge in [0.05, 0.1) is 24.9 Å². The lowest BCUT2D eigenvalue weighted by Gasteiger charge is -2.18. The van der Waals surface area contributed by atoms with Crippen LogP contribution >= 0.6 is 11.8 Å². The first kappa shape index (κ1) is 32.3. The van der Waals surface area contributed by atoms with E-state index in [0.717, 1.165) is 52.9 Å². The molecule has 0 saturated heterocycles. The zero-order chi connectivity index (χ0) is 33.1. The van der Waals surface area contributed by atoms with Gasteiger partial charge in [-0.25, -0.2) is 9.78 Å². The lowest BCUT2D eigenvalue weighted by Crippen LogP contribution is -2.24. The number of esters is 1. The van der Waals surface area contributed by atoms with Crippen molar-refractivity contribution in [1.29, 1.82) is 0 Å². The summed E-state index contributed by atoms with van der Waals surface area (Å²) in [7, 11) is 0. The molecule has 47 heavy (non-hydrogen) atoms. The average Bonchev–Trinajstić information content (AvgIpc) is 3.71. The summed E-state index contributed by atoms with van der Waals surface area (Å²) in [5.41, 5.74) is 5.67. The number of rotatable bonds is 10. The number of imidazole rings is 1. The Balaban J connectivity index is 1.31. The van der Waals surface area contributed by atoms with Gasteiger partial charge in [0.1, 0.15) is 11.5 Å². The third kappa shape index (κ3) is 7.20.